The fourth-order valence-electron chi connectivity index (χ4n) is 1.94. The summed E-state index contributed by atoms with van der Waals surface area (Å²) < 4.78 is 13.0. The average molecular weight is 219 g/mol. The second-order valence-electron chi connectivity index (χ2n) is 3.92. The molecule has 1 aliphatic heterocycles. The van der Waals surface area contributed by atoms with Crippen molar-refractivity contribution in [1.82, 2.24) is 4.90 Å². The number of allylic oxidation sites excluding steroid dienone is 1. The zero-order valence-electron chi connectivity index (χ0n) is 9.24. The number of amides is 1. The molecule has 0 aromatic heterocycles. The molecule has 1 fully saturated rings. The highest BCUT2D eigenvalue weighted by molar-refractivity contribution is 5.95. The second kappa shape index (κ2) is 4.47. The first-order valence-corrected chi connectivity index (χ1v) is 5.39. The summed E-state index contributed by atoms with van der Waals surface area (Å²) in [4.78, 5) is 13.5. The Bertz CT molecular complexity index is 439. The van der Waals surface area contributed by atoms with Crippen LogP contribution in [0.3, 0.4) is 0 Å². The van der Waals surface area contributed by atoms with Crippen LogP contribution in [0, 0.1) is 5.82 Å². The Morgan fingerprint density at radius 2 is 2.31 bits per heavy atom. The van der Waals surface area contributed by atoms with E-state index in [1.807, 2.05) is 19.1 Å². The number of hydrogen-bond donors (Lipinski definition) is 0. The zero-order valence-corrected chi connectivity index (χ0v) is 9.24. The number of likely N-dealkylation sites (tertiary alicyclic amines) is 1. The number of carbonyl (C=O) groups excluding carboxylic acids is 1. The molecule has 0 aliphatic carbocycles. The van der Waals surface area contributed by atoms with Crippen LogP contribution in [0.5, 0.6) is 0 Å². The highest BCUT2D eigenvalue weighted by atomic mass is 19.1. The fraction of sp³-hybridized carbons (Fsp3) is 0.308. The van der Waals surface area contributed by atoms with E-state index in [2.05, 4.69) is 0 Å². The zero-order chi connectivity index (χ0) is 11.5. The van der Waals surface area contributed by atoms with Crippen molar-refractivity contribution < 1.29 is 9.18 Å². The normalized spacial score (nSPS) is 18.5. The van der Waals surface area contributed by atoms with Crippen LogP contribution in [0.15, 0.2) is 35.9 Å². The van der Waals surface area contributed by atoms with Crippen molar-refractivity contribution in [3.63, 3.8) is 0 Å². The predicted octanol–water partition coefficient (Wildman–Crippen LogP) is 2.50. The molecule has 1 aliphatic rings. The molecular formula is C13H14FNO. The van der Waals surface area contributed by atoms with Gasteiger partial charge in [0, 0.05) is 18.7 Å². The molecule has 3 heteroatoms. The van der Waals surface area contributed by atoms with E-state index in [1.165, 1.54) is 12.1 Å². The molecule has 0 atom stereocenters. The minimum Gasteiger partial charge on any atom is -0.334 e. The standard InChI is InChI=1S/C13H14FNO/c1-2-11-6-7-15(13(11)16)9-10-4-3-5-12(14)8-10/h2-5,8H,6-7,9H2,1H3/b11-2-. The SMILES string of the molecule is C/C=C1/CCN(Cc2cccc(F)c2)C1=O. The molecule has 0 bridgehead atoms. The van der Waals surface area contributed by atoms with Crippen molar-refractivity contribution in [3.8, 4) is 0 Å². The van der Waals surface area contributed by atoms with Crippen LogP contribution in [0.25, 0.3) is 0 Å². The molecule has 2 nitrogen and oxygen atoms in total. The Kier molecular flexibility index (Phi) is 3.04. The van der Waals surface area contributed by atoms with E-state index in [4.69, 9.17) is 0 Å². The summed E-state index contributed by atoms with van der Waals surface area (Å²) in [7, 11) is 0. The molecule has 1 saturated heterocycles. The maximum atomic E-state index is 13.0. The topological polar surface area (TPSA) is 20.3 Å². The summed E-state index contributed by atoms with van der Waals surface area (Å²) in [5.74, 6) is -0.179. The molecule has 0 spiro atoms. The lowest BCUT2D eigenvalue weighted by atomic mass is 10.2. The van der Waals surface area contributed by atoms with Gasteiger partial charge < -0.3 is 4.90 Å². The molecule has 1 heterocycles. The number of benzene rings is 1. The minimum absolute atomic E-state index is 0.0757. The second-order valence-corrected chi connectivity index (χ2v) is 3.92. The van der Waals surface area contributed by atoms with Gasteiger partial charge in [-0.1, -0.05) is 18.2 Å². The fourth-order valence-corrected chi connectivity index (χ4v) is 1.94. The van der Waals surface area contributed by atoms with Crippen molar-refractivity contribution in [2.45, 2.75) is 19.9 Å². The van der Waals surface area contributed by atoms with E-state index in [0.717, 1.165) is 24.1 Å². The van der Waals surface area contributed by atoms with Crippen molar-refractivity contribution >= 4 is 5.91 Å². The number of hydrogen-bond acceptors (Lipinski definition) is 1. The largest absolute Gasteiger partial charge is 0.334 e. The Labute approximate surface area is 94.4 Å². The number of halogens is 1. The Hall–Kier alpha value is -1.64. The van der Waals surface area contributed by atoms with Gasteiger partial charge in [0.2, 0.25) is 5.91 Å². The molecule has 84 valence electrons. The Morgan fingerprint density at radius 1 is 1.50 bits per heavy atom. The summed E-state index contributed by atoms with van der Waals surface area (Å²) >= 11 is 0. The maximum Gasteiger partial charge on any atom is 0.249 e. The van der Waals surface area contributed by atoms with Crippen LogP contribution in [0.1, 0.15) is 18.9 Å². The van der Waals surface area contributed by atoms with Gasteiger partial charge in [-0.3, -0.25) is 4.79 Å². The minimum atomic E-state index is -0.254. The third-order valence-electron chi connectivity index (χ3n) is 2.82. The van der Waals surface area contributed by atoms with Crippen molar-refractivity contribution in [2.75, 3.05) is 6.54 Å². The first kappa shape index (κ1) is 10.9. The van der Waals surface area contributed by atoms with Gasteiger partial charge in [-0.2, -0.15) is 0 Å². The number of carbonyl (C=O) groups is 1. The molecule has 0 saturated carbocycles. The van der Waals surface area contributed by atoms with E-state index in [9.17, 15) is 9.18 Å². The highest BCUT2D eigenvalue weighted by Gasteiger charge is 2.24. The molecule has 2 rings (SSSR count). The lowest BCUT2D eigenvalue weighted by Gasteiger charge is -2.15. The molecule has 0 unspecified atom stereocenters. The first-order chi connectivity index (χ1) is 7.70. The summed E-state index contributed by atoms with van der Waals surface area (Å²) in [5, 5.41) is 0. The molecule has 1 aromatic carbocycles. The molecule has 0 N–H and O–H groups in total. The van der Waals surface area contributed by atoms with E-state index in [-0.39, 0.29) is 11.7 Å². The van der Waals surface area contributed by atoms with Gasteiger partial charge >= 0.3 is 0 Å². The Balaban J connectivity index is 2.09. The summed E-state index contributed by atoms with van der Waals surface area (Å²) in [6.07, 6.45) is 2.65. The molecule has 0 radical (unpaired) electrons. The van der Waals surface area contributed by atoms with Gasteiger partial charge in [-0.05, 0) is 31.0 Å². The van der Waals surface area contributed by atoms with Gasteiger partial charge in [0.1, 0.15) is 5.82 Å². The quantitative estimate of drug-likeness (QED) is 0.700. The third kappa shape index (κ3) is 2.13. The van der Waals surface area contributed by atoms with Crippen molar-refractivity contribution in [3.05, 3.63) is 47.3 Å². The van der Waals surface area contributed by atoms with Gasteiger partial charge in [0.05, 0.1) is 0 Å². The van der Waals surface area contributed by atoms with E-state index in [0.29, 0.717) is 6.54 Å². The van der Waals surface area contributed by atoms with Gasteiger partial charge in [-0.25, -0.2) is 4.39 Å². The number of nitrogens with zero attached hydrogens (tertiary/aromatic N) is 1. The van der Waals surface area contributed by atoms with E-state index in [1.54, 1.807) is 11.0 Å². The Morgan fingerprint density at radius 3 is 2.94 bits per heavy atom. The summed E-state index contributed by atoms with van der Waals surface area (Å²) in [6, 6.07) is 6.39. The van der Waals surface area contributed by atoms with Crippen LogP contribution in [-0.2, 0) is 11.3 Å². The predicted molar refractivity (Wildman–Crippen MR) is 60.2 cm³/mol. The maximum absolute atomic E-state index is 13.0. The van der Waals surface area contributed by atoms with Gasteiger partial charge in [0.25, 0.3) is 0 Å². The van der Waals surface area contributed by atoms with E-state index >= 15 is 0 Å². The van der Waals surface area contributed by atoms with Crippen LogP contribution in [-0.4, -0.2) is 17.4 Å². The number of rotatable bonds is 2. The monoisotopic (exact) mass is 219 g/mol. The lowest BCUT2D eigenvalue weighted by Crippen LogP contribution is -2.24. The van der Waals surface area contributed by atoms with Crippen molar-refractivity contribution in [1.29, 1.82) is 0 Å². The van der Waals surface area contributed by atoms with E-state index < -0.39 is 0 Å². The van der Waals surface area contributed by atoms with Crippen LogP contribution < -0.4 is 0 Å². The smallest absolute Gasteiger partial charge is 0.249 e. The molecular weight excluding hydrogens is 205 g/mol. The molecule has 1 aromatic rings. The molecule has 1 amide bonds. The van der Waals surface area contributed by atoms with Crippen LogP contribution >= 0.6 is 0 Å². The first-order valence-electron chi connectivity index (χ1n) is 5.39. The van der Waals surface area contributed by atoms with Gasteiger partial charge in [0.15, 0.2) is 0 Å². The molecule has 16 heavy (non-hydrogen) atoms. The third-order valence-corrected chi connectivity index (χ3v) is 2.82. The van der Waals surface area contributed by atoms with Gasteiger partial charge in [-0.15, -0.1) is 0 Å². The summed E-state index contributed by atoms with van der Waals surface area (Å²) in [5.41, 5.74) is 1.70. The highest BCUT2D eigenvalue weighted by Crippen LogP contribution is 2.19. The van der Waals surface area contributed by atoms with Crippen LogP contribution in [0.2, 0.25) is 0 Å². The average Bonchev–Trinajstić information content (AvgIpc) is 2.60. The summed E-state index contributed by atoms with van der Waals surface area (Å²) in [6.45, 7) is 3.10. The van der Waals surface area contributed by atoms with Crippen molar-refractivity contribution in [2.24, 2.45) is 0 Å². The lowest BCUT2D eigenvalue weighted by molar-refractivity contribution is -0.125. The van der Waals surface area contributed by atoms with Crippen LogP contribution in [0.4, 0.5) is 4.39 Å².